The second-order valence-electron chi connectivity index (χ2n) is 5.29. The minimum absolute atomic E-state index is 0.0236. The average molecular weight is 297 g/mol. The lowest BCUT2D eigenvalue weighted by atomic mass is 10.1. The number of benzene rings is 1. The number of nitrogens with one attached hydrogen (secondary N) is 1. The molecule has 1 amide bonds. The van der Waals surface area contributed by atoms with E-state index in [2.05, 4.69) is 17.1 Å². The Hall–Kier alpha value is -1.10. The van der Waals surface area contributed by atoms with Crippen molar-refractivity contribution in [3.63, 3.8) is 0 Å². The predicted molar refractivity (Wildman–Crippen MR) is 79.7 cm³/mol. The molecule has 20 heavy (non-hydrogen) atoms. The molecule has 1 aromatic rings. The zero-order valence-electron chi connectivity index (χ0n) is 11.9. The van der Waals surface area contributed by atoms with Crippen LogP contribution in [0.25, 0.3) is 0 Å². The smallest absolute Gasteiger partial charge is 0.216 e. The molecule has 0 saturated carbocycles. The predicted octanol–water partition coefficient (Wildman–Crippen LogP) is 2.07. The number of ether oxygens (including phenoxy) is 1. The molecule has 1 heterocycles. The van der Waals surface area contributed by atoms with Crippen LogP contribution in [0.3, 0.4) is 0 Å². The number of amides is 1. The molecule has 110 valence electrons. The van der Waals surface area contributed by atoms with Gasteiger partial charge in [-0.15, -0.1) is 0 Å². The Labute approximate surface area is 125 Å². The molecule has 1 N–H and O–H groups in total. The highest BCUT2D eigenvalue weighted by Crippen LogP contribution is 2.19. The van der Waals surface area contributed by atoms with Gasteiger partial charge in [0.05, 0.1) is 12.2 Å². The topological polar surface area (TPSA) is 41.6 Å². The van der Waals surface area contributed by atoms with Gasteiger partial charge in [0.2, 0.25) is 5.91 Å². The van der Waals surface area contributed by atoms with Crippen molar-refractivity contribution in [3.8, 4) is 0 Å². The van der Waals surface area contributed by atoms with Crippen LogP contribution in [0.2, 0.25) is 5.02 Å². The van der Waals surface area contributed by atoms with Gasteiger partial charge in [0.25, 0.3) is 0 Å². The number of morpholine rings is 1. The average Bonchev–Trinajstić information content (AvgIpc) is 2.38. The largest absolute Gasteiger partial charge is 0.371 e. The van der Waals surface area contributed by atoms with Gasteiger partial charge in [0.15, 0.2) is 0 Å². The summed E-state index contributed by atoms with van der Waals surface area (Å²) < 4.78 is 5.85. The highest BCUT2D eigenvalue weighted by atomic mass is 35.5. The van der Waals surface area contributed by atoms with E-state index in [4.69, 9.17) is 16.3 Å². The zero-order valence-corrected chi connectivity index (χ0v) is 12.7. The van der Waals surface area contributed by atoms with Crippen molar-refractivity contribution >= 4 is 17.5 Å². The quantitative estimate of drug-likeness (QED) is 0.925. The first-order valence-electron chi connectivity index (χ1n) is 6.90. The molecule has 4 nitrogen and oxygen atoms in total. The molecule has 0 aliphatic carbocycles. The van der Waals surface area contributed by atoms with Crippen molar-refractivity contribution in [2.24, 2.45) is 0 Å². The Morgan fingerprint density at radius 2 is 2.20 bits per heavy atom. The number of halogens is 1. The van der Waals surface area contributed by atoms with E-state index >= 15 is 0 Å². The SMILES string of the molecule is CC(=O)NCC1CN(Cc2ccccc2Cl)CC(C)O1. The molecule has 0 aromatic heterocycles. The molecular weight excluding hydrogens is 276 g/mol. The fourth-order valence-corrected chi connectivity index (χ4v) is 2.70. The summed E-state index contributed by atoms with van der Waals surface area (Å²) in [6.07, 6.45) is 0.190. The summed E-state index contributed by atoms with van der Waals surface area (Å²) >= 11 is 6.20. The van der Waals surface area contributed by atoms with Crippen molar-refractivity contribution in [2.45, 2.75) is 32.6 Å². The zero-order chi connectivity index (χ0) is 14.5. The van der Waals surface area contributed by atoms with Crippen molar-refractivity contribution in [3.05, 3.63) is 34.9 Å². The van der Waals surface area contributed by atoms with E-state index in [-0.39, 0.29) is 18.1 Å². The maximum Gasteiger partial charge on any atom is 0.216 e. The Morgan fingerprint density at radius 1 is 1.45 bits per heavy atom. The Kier molecular flexibility index (Phi) is 5.40. The third kappa shape index (κ3) is 4.47. The van der Waals surface area contributed by atoms with E-state index in [0.29, 0.717) is 6.54 Å². The molecule has 0 radical (unpaired) electrons. The van der Waals surface area contributed by atoms with Crippen LogP contribution >= 0.6 is 11.6 Å². The summed E-state index contributed by atoms with van der Waals surface area (Å²) in [7, 11) is 0. The van der Waals surface area contributed by atoms with Crippen LogP contribution < -0.4 is 5.32 Å². The molecule has 1 aromatic carbocycles. The summed E-state index contributed by atoms with van der Waals surface area (Å²) in [5, 5.41) is 3.61. The molecule has 0 spiro atoms. The third-order valence-electron chi connectivity index (χ3n) is 3.33. The highest BCUT2D eigenvalue weighted by Gasteiger charge is 2.25. The van der Waals surface area contributed by atoms with Crippen molar-refractivity contribution in [1.82, 2.24) is 10.2 Å². The van der Waals surface area contributed by atoms with Crippen molar-refractivity contribution in [2.75, 3.05) is 19.6 Å². The van der Waals surface area contributed by atoms with Crippen LogP contribution in [-0.2, 0) is 16.1 Å². The third-order valence-corrected chi connectivity index (χ3v) is 3.70. The standard InChI is InChI=1S/C15H21ClN2O2/c1-11-8-18(9-13-5-3-4-6-15(13)16)10-14(20-11)7-17-12(2)19/h3-6,11,14H,7-10H2,1-2H3,(H,17,19). The van der Waals surface area contributed by atoms with Crippen LogP contribution in [0.5, 0.6) is 0 Å². The summed E-state index contributed by atoms with van der Waals surface area (Å²) in [5.74, 6) is -0.0236. The van der Waals surface area contributed by atoms with Crippen LogP contribution in [0.15, 0.2) is 24.3 Å². The molecule has 1 aliphatic heterocycles. The lowest BCUT2D eigenvalue weighted by Crippen LogP contribution is -2.50. The molecule has 1 fully saturated rings. The van der Waals surface area contributed by atoms with Crippen LogP contribution in [0, 0.1) is 0 Å². The van der Waals surface area contributed by atoms with Gasteiger partial charge in [-0.1, -0.05) is 29.8 Å². The number of nitrogens with zero attached hydrogens (tertiary/aromatic N) is 1. The maximum atomic E-state index is 11.0. The normalized spacial score (nSPS) is 23.6. The maximum absolute atomic E-state index is 11.0. The van der Waals surface area contributed by atoms with Crippen molar-refractivity contribution < 1.29 is 9.53 Å². The fraction of sp³-hybridized carbons (Fsp3) is 0.533. The molecule has 0 bridgehead atoms. The summed E-state index contributed by atoms with van der Waals surface area (Å²) in [6, 6.07) is 7.90. The van der Waals surface area contributed by atoms with Gasteiger partial charge in [-0.25, -0.2) is 0 Å². The van der Waals surface area contributed by atoms with Crippen LogP contribution in [0.1, 0.15) is 19.4 Å². The number of hydrogen-bond donors (Lipinski definition) is 1. The fourth-order valence-electron chi connectivity index (χ4n) is 2.51. The summed E-state index contributed by atoms with van der Waals surface area (Å²) in [5.41, 5.74) is 1.13. The van der Waals surface area contributed by atoms with Gasteiger partial charge in [-0.3, -0.25) is 9.69 Å². The number of carbonyl (C=O) groups excluding carboxylic acids is 1. The minimum Gasteiger partial charge on any atom is -0.371 e. The van der Waals surface area contributed by atoms with Crippen molar-refractivity contribution in [1.29, 1.82) is 0 Å². The van der Waals surface area contributed by atoms with Gasteiger partial charge < -0.3 is 10.1 Å². The van der Waals surface area contributed by atoms with Crippen LogP contribution in [0.4, 0.5) is 0 Å². The molecule has 5 heteroatoms. The molecule has 2 atom stereocenters. The number of hydrogen-bond acceptors (Lipinski definition) is 3. The lowest BCUT2D eigenvalue weighted by Gasteiger charge is -2.37. The monoisotopic (exact) mass is 296 g/mol. The Bertz CT molecular complexity index is 467. The first-order chi connectivity index (χ1) is 9.54. The van der Waals surface area contributed by atoms with E-state index in [9.17, 15) is 4.79 Å². The van der Waals surface area contributed by atoms with E-state index in [1.807, 2.05) is 24.3 Å². The van der Waals surface area contributed by atoms with Gasteiger partial charge in [0.1, 0.15) is 0 Å². The first-order valence-corrected chi connectivity index (χ1v) is 7.28. The molecule has 2 rings (SSSR count). The van der Waals surface area contributed by atoms with Gasteiger partial charge in [-0.05, 0) is 18.6 Å². The van der Waals surface area contributed by atoms with E-state index in [1.54, 1.807) is 0 Å². The van der Waals surface area contributed by atoms with E-state index < -0.39 is 0 Å². The summed E-state index contributed by atoms with van der Waals surface area (Å²) in [6.45, 7) is 6.62. The minimum atomic E-state index is -0.0236. The van der Waals surface area contributed by atoms with Gasteiger partial charge >= 0.3 is 0 Å². The van der Waals surface area contributed by atoms with Gasteiger partial charge in [0, 0.05) is 38.1 Å². The number of rotatable bonds is 4. The molecule has 2 unspecified atom stereocenters. The highest BCUT2D eigenvalue weighted by molar-refractivity contribution is 6.31. The lowest BCUT2D eigenvalue weighted by molar-refractivity contribution is -0.121. The number of carbonyl (C=O) groups is 1. The first kappa shape index (κ1) is 15.3. The Morgan fingerprint density at radius 3 is 2.90 bits per heavy atom. The second-order valence-corrected chi connectivity index (χ2v) is 5.70. The van der Waals surface area contributed by atoms with Crippen LogP contribution in [-0.4, -0.2) is 42.6 Å². The summed E-state index contributed by atoms with van der Waals surface area (Å²) in [4.78, 5) is 13.3. The second kappa shape index (κ2) is 7.07. The van der Waals surface area contributed by atoms with E-state index in [0.717, 1.165) is 30.2 Å². The van der Waals surface area contributed by atoms with Gasteiger partial charge in [-0.2, -0.15) is 0 Å². The molecule has 1 aliphatic rings. The Balaban J connectivity index is 1.94. The van der Waals surface area contributed by atoms with E-state index in [1.165, 1.54) is 6.92 Å². The molecule has 1 saturated heterocycles. The molecular formula is C15H21ClN2O2.